The summed E-state index contributed by atoms with van der Waals surface area (Å²) in [6, 6.07) is 11.4. The van der Waals surface area contributed by atoms with E-state index in [1.807, 2.05) is 24.3 Å². The molecule has 20 heavy (non-hydrogen) atoms. The monoisotopic (exact) mass is 449 g/mol. The number of carbonyl (C=O) groups is 1. The number of amides is 1. The third-order valence-corrected chi connectivity index (χ3v) is 3.72. The van der Waals surface area contributed by atoms with Gasteiger partial charge >= 0.3 is 0 Å². The summed E-state index contributed by atoms with van der Waals surface area (Å²) >= 11 is 5.36. The minimum Gasteiger partial charge on any atom is -0.483 e. The molecule has 0 aromatic heterocycles. The van der Waals surface area contributed by atoms with Gasteiger partial charge in [0.05, 0.1) is 4.47 Å². The predicted octanol–water partition coefficient (Wildman–Crippen LogP) is 4.21. The molecule has 1 N–H and O–H groups in total. The third kappa shape index (κ3) is 4.45. The number of carbonyl (C=O) groups excluding carboxylic acids is 1. The average Bonchev–Trinajstić information content (AvgIpc) is 2.40. The molecule has 2 aromatic rings. The maximum absolute atomic E-state index is 12.9. The molecule has 6 heteroatoms. The van der Waals surface area contributed by atoms with E-state index >= 15 is 0 Å². The van der Waals surface area contributed by atoms with E-state index < -0.39 is 0 Å². The van der Waals surface area contributed by atoms with Gasteiger partial charge in [0.1, 0.15) is 11.6 Å². The summed E-state index contributed by atoms with van der Waals surface area (Å²) in [6.07, 6.45) is 0. The summed E-state index contributed by atoms with van der Waals surface area (Å²) in [5.74, 6) is -0.223. The van der Waals surface area contributed by atoms with E-state index in [4.69, 9.17) is 4.74 Å². The summed E-state index contributed by atoms with van der Waals surface area (Å²) in [6.45, 7) is -0.143. The molecule has 3 nitrogen and oxygen atoms in total. The van der Waals surface area contributed by atoms with Gasteiger partial charge in [-0.05, 0) is 81.0 Å². The SMILES string of the molecule is O=C(COc1ccc(F)cc1Br)Nc1ccc(I)cc1. The summed E-state index contributed by atoms with van der Waals surface area (Å²) < 4.78 is 19.8. The van der Waals surface area contributed by atoms with Crippen LogP contribution >= 0.6 is 38.5 Å². The van der Waals surface area contributed by atoms with Crippen LogP contribution in [-0.4, -0.2) is 12.5 Å². The zero-order chi connectivity index (χ0) is 14.5. The van der Waals surface area contributed by atoms with Crippen LogP contribution in [0, 0.1) is 9.39 Å². The Bertz CT molecular complexity index is 619. The Balaban J connectivity index is 1.90. The van der Waals surface area contributed by atoms with Gasteiger partial charge in [-0.3, -0.25) is 4.79 Å². The van der Waals surface area contributed by atoms with Gasteiger partial charge in [0.15, 0.2) is 6.61 Å². The van der Waals surface area contributed by atoms with Crippen LogP contribution < -0.4 is 10.1 Å². The Morgan fingerprint density at radius 3 is 2.60 bits per heavy atom. The number of rotatable bonds is 4. The van der Waals surface area contributed by atoms with Crippen molar-refractivity contribution in [2.24, 2.45) is 0 Å². The summed E-state index contributed by atoms with van der Waals surface area (Å²) in [7, 11) is 0. The van der Waals surface area contributed by atoms with Crippen molar-refractivity contribution in [3.8, 4) is 5.75 Å². The van der Waals surface area contributed by atoms with E-state index in [0.717, 1.165) is 3.57 Å². The topological polar surface area (TPSA) is 38.3 Å². The summed E-state index contributed by atoms with van der Waals surface area (Å²) in [4.78, 5) is 11.7. The second-order valence-electron chi connectivity index (χ2n) is 3.92. The smallest absolute Gasteiger partial charge is 0.262 e. The first-order chi connectivity index (χ1) is 9.54. The van der Waals surface area contributed by atoms with Gasteiger partial charge in [-0.25, -0.2) is 4.39 Å². The molecule has 0 fully saturated rings. The molecular weight excluding hydrogens is 440 g/mol. The molecule has 0 aliphatic carbocycles. The Labute approximate surface area is 137 Å². The lowest BCUT2D eigenvalue weighted by atomic mass is 10.3. The first kappa shape index (κ1) is 15.2. The van der Waals surface area contributed by atoms with Gasteiger partial charge in [-0.2, -0.15) is 0 Å². The fourth-order valence-corrected chi connectivity index (χ4v) is 2.29. The Morgan fingerprint density at radius 1 is 1.25 bits per heavy atom. The molecular formula is C14H10BrFINO2. The van der Waals surface area contributed by atoms with Gasteiger partial charge in [-0.15, -0.1) is 0 Å². The van der Waals surface area contributed by atoms with E-state index in [-0.39, 0.29) is 18.3 Å². The van der Waals surface area contributed by atoms with E-state index in [1.165, 1.54) is 18.2 Å². The van der Waals surface area contributed by atoms with E-state index in [1.54, 1.807) is 0 Å². The third-order valence-electron chi connectivity index (χ3n) is 2.38. The molecule has 0 heterocycles. The van der Waals surface area contributed by atoms with E-state index in [9.17, 15) is 9.18 Å². The zero-order valence-electron chi connectivity index (χ0n) is 10.2. The largest absolute Gasteiger partial charge is 0.483 e. The normalized spacial score (nSPS) is 10.2. The Morgan fingerprint density at radius 2 is 1.95 bits per heavy atom. The Kier molecular flexibility index (Phi) is 5.36. The molecule has 0 saturated carbocycles. The highest BCUT2D eigenvalue weighted by Crippen LogP contribution is 2.25. The molecule has 104 valence electrons. The number of anilines is 1. The lowest BCUT2D eigenvalue weighted by Crippen LogP contribution is -2.20. The van der Waals surface area contributed by atoms with Crippen molar-refractivity contribution in [1.82, 2.24) is 0 Å². The lowest BCUT2D eigenvalue weighted by molar-refractivity contribution is -0.118. The summed E-state index contributed by atoms with van der Waals surface area (Å²) in [5.41, 5.74) is 0.706. The number of nitrogens with one attached hydrogen (secondary N) is 1. The Hall–Kier alpha value is -1.15. The fourth-order valence-electron chi connectivity index (χ4n) is 1.47. The van der Waals surface area contributed by atoms with Gasteiger partial charge in [0.25, 0.3) is 5.91 Å². The molecule has 0 bridgehead atoms. The van der Waals surface area contributed by atoms with Gasteiger partial charge in [0.2, 0.25) is 0 Å². The fraction of sp³-hybridized carbons (Fsp3) is 0.0714. The highest BCUT2D eigenvalue weighted by atomic mass is 127. The van der Waals surface area contributed by atoms with E-state index in [0.29, 0.717) is 15.9 Å². The minimum atomic E-state index is -0.368. The predicted molar refractivity (Wildman–Crippen MR) is 87.4 cm³/mol. The molecule has 0 spiro atoms. The molecule has 2 aromatic carbocycles. The number of halogens is 3. The molecule has 0 unspecified atom stereocenters. The maximum Gasteiger partial charge on any atom is 0.262 e. The lowest BCUT2D eigenvalue weighted by Gasteiger charge is -2.09. The van der Waals surface area contributed by atoms with Gasteiger partial charge in [-0.1, -0.05) is 0 Å². The molecule has 0 radical (unpaired) electrons. The second-order valence-corrected chi connectivity index (χ2v) is 6.02. The van der Waals surface area contributed by atoms with Crippen molar-refractivity contribution in [3.05, 3.63) is 56.3 Å². The van der Waals surface area contributed by atoms with Gasteiger partial charge < -0.3 is 10.1 Å². The average molecular weight is 450 g/mol. The van der Waals surface area contributed by atoms with Crippen LogP contribution in [0.2, 0.25) is 0 Å². The van der Waals surface area contributed by atoms with E-state index in [2.05, 4.69) is 43.8 Å². The van der Waals surface area contributed by atoms with Crippen molar-refractivity contribution in [2.75, 3.05) is 11.9 Å². The highest BCUT2D eigenvalue weighted by Gasteiger charge is 2.07. The number of ether oxygens (including phenoxy) is 1. The van der Waals surface area contributed by atoms with Crippen LogP contribution in [0.3, 0.4) is 0 Å². The van der Waals surface area contributed by atoms with Crippen LogP contribution in [0.5, 0.6) is 5.75 Å². The first-order valence-electron chi connectivity index (χ1n) is 5.68. The van der Waals surface area contributed by atoms with Crippen LogP contribution in [0.4, 0.5) is 10.1 Å². The molecule has 2 rings (SSSR count). The quantitative estimate of drug-likeness (QED) is 0.710. The maximum atomic E-state index is 12.9. The molecule has 1 amide bonds. The summed E-state index contributed by atoms with van der Waals surface area (Å²) in [5, 5.41) is 2.71. The van der Waals surface area contributed by atoms with Gasteiger partial charge in [0, 0.05) is 9.26 Å². The molecule has 0 aliphatic rings. The second kappa shape index (κ2) is 7.03. The number of hydrogen-bond acceptors (Lipinski definition) is 2. The first-order valence-corrected chi connectivity index (χ1v) is 7.55. The molecule has 0 saturated heterocycles. The van der Waals surface area contributed by atoms with Crippen LogP contribution in [0.15, 0.2) is 46.9 Å². The minimum absolute atomic E-state index is 0.143. The standard InChI is InChI=1S/C14H10BrFINO2/c15-12-7-9(16)1-6-13(12)20-8-14(19)18-11-4-2-10(17)3-5-11/h1-7H,8H2,(H,18,19). The molecule has 0 atom stereocenters. The number of benzene rings is 2. The van der Waals surface area contributed by atoms with Crippen molar-refractivity contribution < 1.29 is 13.9 Å². The zero-order valence-corrected chi connectivity index (χ0v) is 13.9. The highest BCUT2D eigenvalue weighted by molar-refractivity contribution is 14.1. The van der Waals surface area contributed by atoms with Crippen molar-refractivity contribution >= 4 is 50.1 Å². The van der Waals surface area contributed by atoms with Crippen LogP contribution in [0.1, 0.15) is 0 Å². The van der Waals surface area contributed by atoms with Crippen molar-refractivity contribution in [3.63, 3.8) is 0 Å². The molecule has 0 aliphatic heterocycles. The number of hydrogen-bond donors (Lipinski definition) is 1. The van der Waals surface area contributed by atoms with Crippen molar-refractivity contribution in [2.45, 2.75) is 0 Å². The van der Waals surface area contributed by atoms with Crippen LogP contribution in [-0.2, 0) is 4.79 Å². The van der Waals surface area contributed by atoms with Crippen LogP contribution in [0.25, 0.3) is 0 Å². The van der Waals surface area contributed by atoms with Crippen molar-refractivity contribution in [1.29, 1.82) is 0 Å².